The zero-order valence-electron chi connectivity index (χ0n) is 33.6. The van der Waals surface area contributed by atoms with Crippen molar-refractivity contribution in [2.45, 2.75) is 19.6 Å². The molecule has 2 aromatic heterocycles. The van der Waals surface area contributed by atoms with Crippen LogP contribution in [-0.4, -0.2) is 145 Å². The molecular weight excluding hydrogens is 755 g/mol. The van der Waals surface area contributed by atoms with Crippen LogP contribution in [-0.2, 0) is 41.1 Å². The minimum Gasteiger partial charge on any atom is -0.491 e. The van der Waals surface area contributed by atoms with Gasteiger partial charge in [0.05, 0.1) is 91.0 Å². The monoisotopic (exact) mass is 811 g/mol. The van der Waals surface area contributed by atoms with Crippen molar-refractivity contribution < 1.29 is 46.3 Å². The molecule has 0 atom stereocenters. The van der Waals surface area contributed by atoms with Crippen LogP contribution in [0.1, 0.15) is 27.9 Å². The first-order valence-corrected chi connectivity index (χ1v) is 19.7. The molecule has 2 aromatic carbocycles. The van der Waals surface area contributed by atoms with Crippen molar-refractivity contribution in [1.29, 1.82) is 0 Å². The summed E-state index contributed by atoms with van der Waals surface area (Å²) >= 11 is 0. The molecule has 3 heterocycles. The SMILES string of the molecule is Cc1ccc(-c2ccc(CN3CCN(C)CC3)c(C(F)(F)F)c2)cc1C#Cc1cnc2cc(OCCOCCOCCOCCOCCOCCOCCN)ccn12. The zero-order chi connectivity index (χ0) is 41.0. The maximum atomic E-state index is 14.3. The lowest BCUT2D eigenvalue weighted by Crippen LogP contribution is -2.44. The molecule has 0 radical (unpaired) electrons. The normalized spacial score (nSPS) is 13.9. The molecule has 4 aromatic rings. The molecule has 316 valence electrons. The Morgan fingerprint density at radius 2 is 1.26 bits per heavy atom. The maximum absolute atomic E-state index is 14.3. The lowest BCUT2D eigenvalue weighted by Gasteiger charge is -2.33. The fourth-order valence-electron chi connectivity index (χ4n) is 6.12. The Morgan fingerprint density at radius 3 is 1.86 bits per heavy atom. The number of ether oxygens (including phenoxy) is 7. The molecule has 0 bridgehead atoms. The largest absolute Gasteiger partial charge is 0.491 e. The number of imidazole rings is 1. The molecule has 15 heteroatoms. The molecule has 1 fully saturated rings. The number of benzene rings is 2. The highest BCUT2D eigenvalue weighted by atomic mass is 19.4. The lowest BCUT2D eigenvalue weighted by molar-refractivity contribution is -0.138. The van der Waals surface area contributed by atoms with Gasteiger partial charge in [-0.3, -0.25) is 9.30 Å². The van der Waals surface area contributed by atoms with Crippen LogP contribution in [0.2, 0.25) is 0 Å². The van der Waals surface area contributed by atoms with Gasteiger partial charge in [0.1, 0.15) is 23.7 Å². The molecule has 1 aliphatic heterocycles. The van der Waals surface area contributed by atoms with Crippen LogP contribution in [0.3, 0.4) is 0 Å². The molecule has 0 aliphatic carbocycles. The molecule has 2 N–H and O–H groups in total. The first-order valence-electron chi connectivity index (χ1n) is 19.7. The third kappa shape index (κ3) is 14.9. The van der Waals surface area contributed by atoms with E-state index in [4.69, 9.17) is 38.9 Å². The van der Waals surface area contributed by atoms with Crippen LogP contribution in [0.4, 0.5) is 13.2 Å². The first kappa shape index (κ1) is 45.0. The summed E-state index contributed by atoms with van der Waals surface area (Å²) in [4.78, 5) is 8.76. The first-order chi connectivity index (χ1) is 28.2. The average Bonchev–Trinajstić information content (AvgIpc) is 3.62. The van der Waals surface area contributed by atoms with E-state index in [1.807, 2.05) is 54.9 Å². The summed E-state index contributed by atoms with van der Waals surface area (Å²) in [7, 11) is 2.03. The summed E-state index contributed by atoms with van der Waals surface area (Å²) in [5.74, 6) is 7.05. The quantitative estimate of drug-likeness (QED) is 0.0770. The Kier molecular flexibility index (Phi) is 18.7. The Labute approximate surface area is 339 Å². The van der Waals surface area contributed by atoms with Gasteiger partial charge in [0.2, 0.25) is 0 Å². The number of piperazine rings is 1. The van der Waals surface area contributed by atoms with Crippen LogP contribution in [0.15, 0.2) is 60.9 Å². The van der Waals surface area contributed by atoms with E-state index >= 15 is 0 Å². The highest BCUT2D eigenvalue weighted by Crippen LogP contribution is 2.36. The summed E-state index contributed by atoms with van der Waals surface area (Å²) in [6.07, 6.45) is -0.938. The number of halogens is 3. The van der Waals surface area contributed by atoms with Crippen molar-refractivity contribution in [3.05, 3.63) is 88.9 Å². The fraction of sp³-hybridized carbons (Fsp3) is 0.512. The van der Waals surface area contributed by atoms with Gasteiger partial charge in [0, 0.05) is 57.1 Å². The molecule has 58 heavy (non-hydrogen) atoms. The molecule has 12 nitrogen and oxygen atoms in total. The molecule has 0 spiro atoms. The second-order valence-corrected chi connectivity index (χ2v) is 13.8. The topological polar surface area (TPSA) is 114 Å². The predicted octanol–water partition coefficient (Wildman–Crippen LogP) is 4.91. The second kappa shape index (κ2) is 24.1. The number of alkyl halides is 3. The van der Waals surface area contributed by atoms with E-state index in [1.54, 1.807) is 18.3 Å². The number of rotatable bonds is 24. The summed E-state index contributed by atoms with van der Waals surface area (Å²) in [6.45, 7) is 12.0. The van der Waals surface area contributed by atoms with Gasteiger partial charge in [-0.05, 0) is 60.3 Å². The number of hydrogen-bond donors (Lipinski definition) is 1. The summed E-state index contributed by atoms with van der Waals surface area (Å²) in [5, 5.41) is 0. The Bertz CT molecular complexity index is 1890. The van der Waals surface area contributed by atoms with Gasteiger partial charge in [-0.25, -0.2) is 4.98 Å². The van der Waals surface area contributed by atoms with Crippen LogP contribution in [0.25, 0.3) is 16.8 Å². The Morgan fingerprint density at radius 1 is 0.690 bits per heavy atom. The van der Waals surface area contributed by atoms with Crippen LogP contribution in [0.5, 0.6) is 5.75 Å². The summed E-state index contributed by atoms with van der Waals surface area (Å²) in [6, 6.07) is 13.9. The highest BCUT2D eigenvalue weighted by molar-refractivity contribution is 5.68. The van der Waals surface area contributed by atoms with Crippen molar-refractivity contribution in [3.8, 4) is 28.7 Å². The van der Waals surface area contributed by atoms with Crippen molar-refractivity contribution in [1.82, 2.24) is 19.2 Å². The molecule has 0 saturated carbocycles. The van der Waals surface area contributed by atoms with Gasteiger partial charge < -0.3 is 43.8 Å². The number of nitrogens with two attached hydrogens (primary N) is 1. The maximum Gasteiger partial charge on any atom is 0.416 e. The minimum atomic E-state index is -4.46. The number of pyridine rings is 1. The second-order valence-electron chi connectivity index (χ2n) is 13.8. The molecule has 1 saturated heterocycles. The van der Waals surface area contributed by atoms with Gasteiger partial charge in [-0.15, -0.1) is 0 Å². The van der Waals surface area contributed by atoms with E-state index in [-0.39, 0.29) is 6.54 Å². The number of nitrogens with zero attached hydrogens (tertiary/aromatic N) is 4. The van der Waals surface area contributed by atoms with Crippen LogP contribution in [0, 0.1) is 18.8 Å². The van der Waals surface area contributed by atoms with E-state index in [2.05, 4.69) is 26.6 Å². The van der Waals surface area contributed by atoms with Crippen LogP contribution >= 0.6 is 0 Å². The van der Waals surface area contributed by atoms with Crippen molar-refractivity contribution >= 4 is 5.65 Å². The van der Waals surface area contributed by atoms with E-state index in [1.165, 1.54) is 6.07 Å². The van der Waals surface area contributed by atoms with E-state index in [0.717, 1.165) is 37.3 Å². The number of fused-ring (bicyclic) bond motifs is 1. The smallest absolute Gasteiger partial charge is 0.416 e. The van der Waals surface area contributed by atoms with E-state index < -0.39 is 11.7 Å². The fourth-order valence-corrected chi connectivity index (χ4v) is 6.12. The Balaban J connectivity index is 1.01. The van der Waals surface area contributed by atoms with Crippen molar-refractivity contribution in [2.75, 3.05) is 126 Å². The van der Waals surface area contributed by atoms with Crippen molar-refractivity contribution in [3.63, 3.8) is 0 Å². The van der Waals surface area contributed by atoms with E-state index in [9.17, 15) is 13.2 Å². The third-order valence-corrected chi connectivity index (χ3v) is 9.40. The molecule has 0 unspecified atom stereocenters. The van der Waals surface area contributed by atoms with Gasteiger partial charge in [0.15, 0.2) is 0 Å². The predicted molar refractivity (Wildman–Crippen MR) is 215 cm³/mol. The number of aryl methyl sites for hydroxylation is 1. The van der Waals surface area contributed by atoms with Crippen LogP contribution < -0.4 is 10.5 Å². The standard InChI is InChI=1S/C43H56F3N5O7/c1-34-3-4-36(37-5-6-38(41(30-37)43(44,45)46)33-50-14-12-49(2)13-15-50)29-35(34)7-8-39-32-48-42-31-40(9-11-51(39)42)58-28-27-57-26-25-56-24-23-55-22-21-54-20-19-53-18-17-52-16-10-47/h3-6,9,11,29-32H,10,12-28,33,47H2,1-2H3. The van der Waals surface area contributed by atoms with Gasteiger partial charge in [0.25, 0.3) is 0 Å². The number of hydrogen-bond acceptors (Lipinski definition) is 11. The van der Waals surface area contributed by atoms with Gasteiger partial charge in [-0.2, -0.15) is 13.2 Å². The zero-order valence-corrected chi connectivity index (χ0v) is 33.6. The highest BCUT2D eigenvalue weighted by Gasteiger charge is 2.34. The minimum absolute atomic E-state index is 0.271. The van der Waals surface area contributed by atoms with Gasteiger partial charge in [-0.1, -0.05) is 30.2 Å². The molecule has 0 amide bonds. The summed E-state index contributed by atoms with van der Waals surface area (Å²) in [5.41, 5.74) is 9.20. The molecule has 1 aliphatic rings. The Hall–Kier alpha value is -4.08. The average molecular weight is 812 g/mol. The summed E-state index contributed by atoms with van der Waals surface area (Å²) < 4.78 is 83.2. The lowest BCUT2D eigenvalue weighted by atomic mass is 9.95. The molecule has 5 rings (SSSR count). The number of aromatic nitrogens is 2. The molecular formula is C43H56F3N5O7. The van der Waals surface area contributed by atoms with Gasteiger partial charge >= 0.3 is 6.18 Å². The van der Waals surface area contributed by atoms with E-state index in [0.29, 0.717) is 126 Å². The third-order valence-electron chi connectivity index (χ3n) is 9.40. The van der Waals surface area contributed by atoms with Crippen molar-refractivity contribution in [2.24, 2.45) is 5.73 Å². The number of likely N-dealkylation sites (N-methyl/N-ethyl adjacent to an activating group) is 1.